The van der Waals surface area contributed by atoms with Gasteiger partial charge in [0.1, 0.15) is 12.4 Å². The summed E-state index contributed by atoms with van der Waals surface area (Å²) in [5, 5.41) is 2.86. The van der Waals surface area contributed by atoms with Crippen molar-refractivity contribution in [2.45, 2.75) is 20.3 Å². The minimum atomic E-state index is -0.0644. The largest absolute Gasteiger partial charge is 0.492 e. The van der Waals surface area contributed by atoms with Crippen LogP contribution in [0.3, 0.4) is 0 Å². The van der Waals surface area contributed by atoms with E-state index in [2.05, 4.69) is 12.2 Å². The molecule has 1 N–H and O–H groups in total. The number of hydrogen-bond donors (Lipinski definition) is 1. The Morgan fingerprint density at radius 3 is 2.57 bits per heavy atom. The van der Waals surface area contributed by atoms with Gasteiger partial charge in [-0.1, -0.05) is 31.2 Å². The minimum Gasteiger partial charge on any atom is -0.492 e. The molecule has 2 aromatic carbocycles. The SMILES string of the molecule is CCc1ccc(C(=O)NCCOc2cccc(C)c2)cc1. The van der Waals surface area contributed by atoms with Gasteiger partial charge in [0.05, 0.1) is 6.54 Å². The van der Waals surface area contributed by atoms with Gasteiger partial charge < -0.3 is 10.1 Å². The van der Waals surface area contributed by atoms with Crippen molar-refractivity contribution in [1.82, 2.24) is 5.32 Å². The van der Waals surface area contributed by atoms with Gasteiger partial charge in [-0.15, -0.1) is 0 Å². The highest BCUT2D eigenvalue weighted by molar-refractivity contribution is 5.94. The molecule has 0 saturated carbocycles. The second-order valence-corrected chi connectivity index (χ2v) is 4.97. The lowest BCUT2D eigenvalue weighted by molar-refractivity contribution is 0.0947. The first-order valence-corrected chi connectivity index (χ1v) is 7.25. The summed E-state index contributed by atoms with van der Waals surface area (Å²) in [7, 11) is 0. The molecule has 0 bridgehead atoms. The fourth-order valence-electron chi connectivity index (χ4n) is 2.03. The van der Waals surface area contributed by atoms with Crippen molar-refractivity contribution in [3.8, 4) is 5.75 Å². The van der Waals surface area contributed by atoms with E-state index in [-0.39, 0.29) is 5.91 Å². The van der Waals surface area contributed by atoms with Gasteiger partial charge in [0.2, 0.25) is 0 Å². The van der Waals surface area contributed by atoms with Crippen LogP contribution in [0.1, 0.15) is 28.4 Å². The number of carbonyl (C=O) groups is 1. The number of aryl methyl sites for hydroxylation is 2. The highest BCUT2D eigenvalue weighted by atomic mass is 16.5. The van der Waals surface area contributed by atoms with Crippen molar-refractivity contribution in [2.24, 2.45) is 0 Å². The molecule has 0 radical (unpaired) electrons. The first-order valence-electron chi connectivity index (χ1n) is 7.25. The lowest BCUT2D eigenvalue weighted by atomic mass is 10.1. The number of amides is 1. The molecule has 3 nitrogen and oxygen atoms in total. The Bertz CT molecular complexity index is 590. The Balaban J connectivity index is 1.76. The van der Waals surface area contributed by atoms with Crippen LogP contribution in [0.4, 0.5) is 0 Å². The van der Waals surface area contributed by atoms with Crippen LogP contribution in [-0.2, 0) is 6.42 Å². The topological polar surface area (TPSA) is 38.3 Å². The minimum absolute atomic E-state index is 0.0644. The molecule has 21 heavy (non-hydrogen) atoms. The normalized spacial score (nSPS) is 10.2. The molecule has 2 aromatic rings. The van der Waals surface area contributed by atoms with Gasteiger partial charge in [0.15, 0.2) is 0 Å². The van der Waals surface area contributed by atoms with Gasteiger partial charge in [0, 0.05) is 5.56 Å². The Labute approximate surface area is 126 Å². The average molecular weight is 283 g/mol. The van der Waals surface area contributed by atoms with E-state index in [0.717, 1.165) is 17.7 Å². The Morgan fingerprint density at radius 1 is 1.14 bits per heavy atom. The van der Waals surface area contributed by atoms with Crippen molar-refractivity contribution in [3.63, 3.8) is 0 Å². The molecule has 0 saturated heterocycles. The van der Waals surface area contributed by atoms with Gasteiger partial charge in [-0.05, 0) is 48.7 Å². The predicted octanol–water partition coefficient (Wildman–Crippen LogP) is 3.37. The second-order valence-electron chi connectivity index (χ2n) is 4.97. The van der Waals surface area contributed by atoms with E-state index in [1.54, 1.807) is 0 Å². The maximum absolute atomic E-state index is 11.9. The maximum Gasteiger partial charge on any atom is 0.251 e. The molecule has 0 heterocycles. The third kappa shape index (κ3) is 4.63. The lowest BCUT2D eigenvalue weighted by Gasteiger charge is -2.08. The molecule has 0 unspecified atom stereocenters. The molecule has 0 spiro atoms. The van der Waals surface area contributed by atoms with Gasteiger partial charge >= 0.3 is 0 Å². The van der Waals surface area contributed by atoms with E-state index in [1.165, 1.54) is 5.56 Å². The van der Waals surface area contributed by atoms with Crippen LogP contribution in [0.25, 0.3) is 0 Å². The molecule has 0 aromatic heterocycles. The van der Waals surface area contributed by atoms with Crippen molar-refractivity contribution in [2.75, 3.05) is 13.2 Å². The molecule has 0 aliphatic carbocycles. The van der Waals surface area contributed by atoms with E-state index < -0.39 is 0 Å². The van der Waals surface area contributed by atoms with E-state index in [4.69, 9.17) is 4.74 Å². The fraction of sp³-hybridized carbons (Fsp3) is 0.278. The van der Waals surface area contributed by atoms with Crippen molar-refractivity contribution < 1.29 is 9.53 Å². The molecular weight excluding hydrogens is 262 g/mol. The van der Waals surface area contributed by atoms with E-state index in [1.807, 2.05) is 55.5 Å². The first kappa shape index (κ1) is 15.1. The Morgan fingerprint density at radius 2 is 1.90 bits per heavy atom. The highest BCUT2D eigenvalue weighted by Crippen LogP contribution is 2.11. The molecule has 0 aliphatic rings. The fourth-order valence-corrected chi connectivity index (χ4v) is 2.03. The molecule has 3 heteroatoms. The number of nitrogens with one attached hydrogen (secondary N) is 1. The highest BCUT2D eigenvalue weighted by Gasteiger charge is 2.04. The quantitative estimate of drug-likeness (QED) is 0.825. The molecule has 0 atom stereocenters. The molecule has 0 fully saturated rings. The van der Waals surface area contributed by atoms with Gasteiger partial charge in [-0.2, -0.15) is 0 Å². The predicted molar refractivity (Wildman–Crippen MR) is 84.8 cm³/mol. The zero-order chi connectivity index (χ0) is 15.1. The summed E-state index contributed by atoms with van der Waals surface area (Å²) in [5.41, 5.74) is 3.07. The van der Waals surface area contributed by atoms with Crippen LogP contribution in [0.2, 0.25) is 0 Å². The van der Waals surface area contributed by atoms with Crippen LogP contribution >= 0.6 is 0 Å². The number of rotatable bonds is 6. The van der Waals surface area contributed by atoms with Crippen LogP contribution in [0.5, 0.6) is 5.75 Å². The van der Waals surface area contributed by atoms with Crippen LogP contribution in [-0.4, -0.2) is 19.1 Å². The smallest absolute Gasteiger partial charge is 0.251 e. The van der Waals surface area contributed by atoms with Crippen molar-refractivity contribution >= 4 is 5.91 Å². The van der Waals surface area contributed by atoms with E-state index >= 15 is 0 Å². The number of hydrogen-bond acceptors (Lipinski definition) is 2. The molecule has 2 rings (SSSR count). The maximum atomic E-state index is 11.9. The summed E-state index contributed by atoms with van der Waals surface area (Å²) in [5.74, 6) is 0.766. The molecule has 110 valence electrons. The Kier molecular flexibility index (Phi) is 5.38. The van der Waals surface area contributed by atoms with Crippen LogP contribution in [0, 0.1) is 6.92 Å². The summed E-state index contributed by atoms with van der Waals surface area (Å²) < 4.78 is 5.59. The van der Waals surface area contributed by atoms with Crippen molar-refractivity contribution in [3.05, 3.63) is 65.2 Å². The van der Waals surface area contributed by atoms with Crippen molar-refractivity contribution in [1.29, 1.82) is 0 Å². The zero-order valence-corrected chi connectivity index (χ0v) is 12.6. The number of benzene rings is 2. The first-order chi connectivity index (χ1) is 10.2. The standard InChI is InChI=1S/C18H21NO2/c1-3-15-7-9-16(10-8-15)18(20)19-11-12-21-17-6-4-5-14(2)13-17/h4-10,13H,3,11-12H2,1-2H3,(H,19,20). The van der Waals surface area contributed by atoms with Crippen LogP contribution in [0.15, 0.2) is 48.5 Å². The zero-order valence-electron chi connectivity index (χ0n) is 12.6. The third-order valence-electron chi connectivity index (χ3n) is 3.27. The van der Waals surface area contributed by atoms with Gasteiger partial charge in [-0.25, -0.2) is 0 Å². The molecular formula is C18H21NO2. The summed E-state index contributed by atoms with van der Waals surface area (Å²) in [6.45, 7) is 5.07. The monoisotopic (exact) mass is 283 g/mol. The summed E-state index contributed by atoms with van der Waals surface area (Å²) in [4.78, 5) is 11.9. The number of carbonyl (C=O) groups excluding carboxylic acids is 1. The summed E-state index contributed by atoms with van der Waals surface area (Å²) >= 11 is 0. The van der Waals surface area contributed by atoms with E-state index in [0.29, 0.717) is 18.7 Å². The van der Waals surface area contributed by atoms with Gasteiger partial charge in [-0.3, -0.25) is 4.79 Å². The van der Waals surface area contributed by atoms with Crippen LogP contribution < -0.4 is 10.1 Å². The average Bonchev–Trinajstić information content (AvgIpc) is 2.51. The molecule has 0 aliphatic heterocycles. The number of ether oxygens (including phenoxy) is 1. The third-order valence-corrected chi connectivity index (χ3v) is 3.27. The van der Waals surface area contributed by atoms with E-state index in [9.17, 15) is 4.79 Å². The lowest BCUT2D eigenvalue weighted by Crippen LogP contribution is -2.28. The molecule has 1 amide bonds. The summed E-state index contributed by atoms with van der Waals surface area (Å²) in [6, 6.07) is 15.6. The van der Waals surface area contributed by atoms with Gasteiger partial charge in [0.25, 0.3) is 5.91 Å². The second kappa shape index (κ2) is 7.48. The summed E-state index contributed by atoms with van der Waals surface area (Å²) in [6.07, 6.45) is 0.978. The Hall–Kier alpha value is -2.29.